The lowest BCUT2D eigenvalue weighted by atomic mass is 9.79. The summed E-state index contributed by atoms with van der Waals surface area (Å²) in [6, 6.07) is 23.6. The molecule has 0 unspecified atom stereocenters. The number of fused-ring (bicyclic) bond motifs is 1. The fourth-order valence-corrected chi connectivity index (χ4v) is 7.73. The fraction of sp³-hybridized carbons (Fsp3) is 0.432. The topological polar surface area (TPSA) is 157 Å². The lowest BCUT2D eigenvalue weighted by Crippen LogP contribution is -2.41. The van der Waals surface area contributed by atoms with Crippen molar-refractivity contribution in [1.82, 2.24) is 15.2 Å². The van der Waals surface area contributed by atoms with Crippen LogP contribution in [0.2, 0.25) is 0 Å². The van der Waals surface area contributed by atoms with Crippen LogP contribution in [0.25, 0.3) is 22.2 Å². The van der Waals surface area contributed by atoms with Crippen LogP contribution in [0.1, 0.15) is 84.8 Å². The number of amides is 1. The van der Waals surface area contributed by atoms with Crippen molar-refractivity contribution < 1.29 is 87.2 Å². The summed E-state index contributed by atoms with van der Waals surface area (Å²) in [6.45, 7) is 2.36. The Bertz CT molecular complexity index is 2240. The predicted molar refractivity (Wildman–Crippen MR) is 213 cm³/mol. The monoisotopic (exact) mass is 953 g/mol. The number of likely N-dealkylation sites (tertiary alicyclic amines) is 1. The summed E-state index contributed by atoms with van der Waals surface area (Å²) in [6.07, 6.45) is -9.27. The van der Waals surface area contributed by atoms with E-state index in [0.29, 0.717) is 40.7 Å². The SMILES string of the molecule is O=C(NC1(c2ccccc2)CC1)c1c(CC2CCC(N3CCCCC3)CC2)c(-c2cccc(C(F)(F)F)c2)nc2ccccc12.O=C(O)C(F)(F)F.O=C(O)C(F)(F)F.O=C(O)C(F)(F)F. The van der Waals surface area contributed by atoms with Crippen LogP contribution < -0.4 is 5.32 Å². The highest BCUT2D eigenvalue weighted by atomic mass is 19.4. The molecule has 0 atom stereocenters. The van der Waals surface area contributed by atoms with Gasteiger partial charge in [-0.2, -0.15) is 52.7 Å². The van der Waals surface area contributed by atoms with Gasteiger partial charge in [0.2, 0.25) is 0 Å². The van der Waals surface area contributed by atoms with E-state index in [1.807, 2.05) is 54.6 Å². The summed E-state index contributed by atoms with van der Waals surface area (Å²) in [4.78, 5) is 48.8. The molecule has 0 bridgehead atoms. The molecule has 4 N–H and O–H groups in total. The summed E-state index contributed by atoms with van der Waals surface area (Å²) in [5.41, 5.74) is 2.73. The molecule has 1 aromatic heterocycles. The first-order chi connectivity index (χ1) is 30.6. The third-order valence-electron chi connectivity index (χ3n) is 11.1. The van der Waals surface area contributed by atoms with Crippen molar-refractivity contribution in [3.63, 3.8) is 0 Å². The number of hydrogen-bond acceptors (Lipinski definition) is 6. The van der Waals surface area contributed by atoms with Crippen molar-refractivity contribution in [2.45, 2.75) is 100 Å². The van der Waals surface area contributed by atoms with Gasteiger partial charge in [-0.1, -0.05) is 67.1 Å². The Kier molecular flexibility index (Phi) is 17.2. The minimum atomic E-state index is -5.08. The normalized spacial score (nSPS) is 18.5. The molecule has 3 fully saturated rings. The van der Waals surface area contributed by atoms with Gasteiger partial charge in [-0.05, 0) is 106 Å². The molecule has 66 heavy (non-hydrogen) atoms. The summed E-state index contributed by atoms with van der Waals surface area (Å²) in [7, 11) is 0. The van der Waals surface area contributed by atoms with Crippen molar-refractivity contribution in [1.29, 1.82) is 0 Å². The van der Waals surface area contributed by atoms with E-state index in [1.165, 1.54) is 44.5 Å². The number of nitrogens with zero attached hydrogens (tertiary/aromatic N) is 2. The first-order valence-electron chi connectivity index (χ1n) is 20.3. The zero-order valence-electron chi connectivity index (χ0n) is 34.6. The molecule has 3 aromatic carbocycles. The van der Waals surface area contributed by atoms with Gasteiger partial charge in [0, 0.05) is 17.0 Å². The van der Waals surface area contributed by atoms with Crippen LogP contribution in [-0.2, 0) is 32.5 Å². The van der Waals surface area contributed by atoms with Gasteiger partial charge in [0.05, 0.1) is 27.9 Å². The highest BCUT2D eigenvalue weighted by Gasteiger charge is 2.46. The number of carboxylic acids is 3. The molecule has 2 heterocycles. The first-order valence-corrected chi connectivity index (χ1v) is 20.3. The van der Waals surface area contributed by atoms with Crippen LogP contribution in [0, 0.1) is 5.92 Å². The second-order valence-electron chi connectivity index (χ2n) is 15.7. The average Bonchev–Trinajstić information content (AvgIpc) is 4.04. The largest absolute Gasteiger partial charge is 0.490 e. The Hall–Kier alpha value is -5.93. The van der Waals surface area contributed by atoms with Gasteiger partial charge in [0.1, 0.15) is 0 Å². The Morgan fingerprint density at radius 2 is 1.15 bits per heavy atom. The number of benzene rings is 3. The predicted octanol–water partition coefficient (Wildman–Crippen LogP) is 10.8. The number of hydrogen-bond donors (Lipinski definition) is 4. The molecule has 22 heteroatoms. The number of para-hydroxylation sites is 1. The van der Waals surface area contributed by atoms with Crippen molar-refractivity contribution in [3.8, 4) is 11.3 Å². The molecule has 0 radical (unpaired) electrons. The molecular formula is C44H43F12N3O7. The molecule has 2 aliphatic carbocycles. The molecule has 2 saturated carbocycles. The molecule has 10 nitrogen and oxygen atoms in total. The number of aliphatic carboxylic acids is 3. The number of pyridine rings is 1. The highest BCUT2D eigenvalue weighted by Crippen LogP contribution is 2.46. The van der Waals surface area contributed by atoms with Gasteiger partial charge >= 0.3 is 42.6 Å². The second kappa shape index (κ2) is 21.6. The lowest BCUT2D eigenvalue weighted by molar-refractivity contribution is -0.193. The van der Waals surface area contributed by atoms with E-state index >= 15 is 0 Å². The number of rotatable bonds is 7. The van der Waals surface area contributed by atoms with Gasteiger partial charge in [0.15, 0.2) is 0 Å². The van der Waals surface area contributed by atoms with E-state index in [4.69, 9.17) is 34.7 Å². The Morgan fingerprint density at radius 1 is 0.652 bits per heavy atom. The number of piperidine rings is 1. The summed E-state index contributed by atoms with van der Waals surface area (Å²) >= 11 is 0. The third kappa shape index (κ3) is 14.8. The average molecular weight is 954 g/mol. The Labute approximate surface area is 368 Å². The zero-order chi connectivity index (χ0) is 49.3. The minimum Gasteiger partial charge on any atom is -0.475 e. The maximum absolute atomic E-state index is 14.5. The number of aromatic nitrogens is 1. The van der Waals surface area contributed by atoms with E-state index < -0.39 is 53.7 Å². The van der Waals surface area contributed by atoms with Gasteiger partial charge in [-0.3, -0.25) is 4.79 Å². The maximum atomic E-state index is 14.5. The van der Waals surface area contributed by atoms with E-state index in [9.17, 15) is 57.5 Å². The molecule has 4 aromatic rings. The second-order valence-corrected chi connectivity index (χ2v) is 15.7. The van der Waals surface area contributed by atoms with Gasteiger partial charge in [0.25, 0.3) is 5.91 Å². The van der Waals surface area contributed by atoms with Crippen LogP contribution >= 0.6 is 0 Å². The quantitative estimate of drug-likeness (QED) is 0.132. The molecule has 7 rings (SSSR count). The maximum Gasteiger partial charge on any atom is 0.490 e. The van der Waals surface area contributed by atoms with E-state index in [2.05, 4.69) is 10.2 Å². The summed E-state index contributed by atoms with van der Waals surface area (Å²) in [5.74, 6) is -8.12. The van der Waals surface area contributed by atoms with E-state index in [-0.39, 0.29) is 5.91 Å². The Balaban J connectivity index is 0.000000377. The minimum absolute atomic E-state index is 0.180. The summed E-state index contributed by atoms with van der Waals surface area (Å²) < 4.78 is 137. The molecule has 1 amide bonds. The van der Waals surface area contributed by atoms with Gasteiger partial charge in [-0.25, -0.2) is 19.4 Å². The molecule has 360 valence electrons. The van der Waals surface area contributed by atoms with Crippen molar-refractivity contribution >= 4 is 34.7 Å². The highest BCUT2D eigenvalue weighted by molar-refractivity contribution is 6.09. The smallest absolute Gasteiger partial charge is 0.475 e. The molecule has 3 aliphatic rings. The number of carbonyl (C=O) groups excluding carboxylic acids is 1. The van der Waals surface area contributed by atoms with Crippen LogP contribution in [0.15, 0.2) is 78.9 Å². The molecule has 1 aliphatic heterocycles. The van der Waals surface area contributed by atoms with Crippen LogP contribution in [0.3, 0.4) is 0 Å². The molecule has 1 saturated heterocycles. The number of carboxylic acid groups (broad SMARTS) is 3. The van der Waals surface area contributed by atoms with Gasteiger partial charge in [-0.15, -0.1) is 0 Å². The Morgan fingerprint density at radius 3 is 1.64 bits per heavy atom. The zero-order valence-corrected chi connectivity index (χ0v) is 34.6. The number of carbonyl (C=O) groups is 4. The van der Waals surface area contributed by atoms with Crippen LogP contribution in [0.5, 0.6) is 0 Å². The lowest BCUT2D eigenvalue weighted by Gasteiger charge is -2.39. The van der Waals surface area contributed by atoms with Crippen LogP contribution in [-0.4, -0.2) is 86.7 Å². The van der Waals surface area contributed by atoms with Crippen molar-refractivity contribution in [2.24, 2.45) is 5.92 Å². The number of alkyl halides is 12. The molecule has 0 spiro atoms. The van der Waals surface area contributed by atoms with E-state index in [0.717, 1.165) is 61.1 Å². The van der Waals surface area contributed by atoms with Crippen molar-refractivity contribution in [3.05, 3.63) is 101 Å². The van der Waals surface area contributed by atoms with Crippen molar-refractivity contribution in [2.75, 3.05) is 13.1 Å². The first kappa shape index (κ1) is 52.7. The third-order valence-corrected chi connectivity index (χ3v) is 11.1. The van der Waals surface area contributed by atoms with Gasteiger partial charge < -0.3 is 25.5 Å². The standard InChI is InChI=1S/C38H40F3N3O.3C2HF3O2/c39-38(40,41)29-13-9-10-27(25-29)35-32(24-26-16-18-30(19-17-26)44-22-7-2-8-23-44)34(31-14-5-6-15-33(31)42-35)36(45)43-37(20-21-37)28-11-3-1-4-12-28;3*3-2(4,5)1(6)7/h1,3-6,9-15,25-26,30H,2,7-8,16-24H2,(H,43,45);3*(H,6,7). The number of nitrogens with one attached hydrogen (secondary N) is 1. The number of halogens is 12. The fourth-order valence-electron chi connectivity index (χ4n) is 7.73. The molecular weight excluding hydrogens is 910 g/mol. The summed E-state index contributed by atoms with van der Waals surface area (Å²) in [5, 5.41) is 25.5. The van der Waals surface area contributed by atoms with E-state index in [1.54, 1.807) is 6.07 Å². The van der Waals surface area contributed by atoms with Crippen LogP contribution in [0.4, 0.5) is 52.7 Å².